The Morgan fingerprint density at radius 1 is 1.10 bits per heavy atom. The minimum Gasteiger partial charge on any atom is -0.356 e. The first kappa shape index (κ1) is 19.2. The van der Waals surface area contributed by atoms with E-state index in [0.29, 0.717) is 17.3 Å². The molecule has 0 bridgehead atoms. The summed E-state index contributed by atoms with van der Waals surface area (Å²) in [6.45, 7) is 0.659. The molecule has 1 aliphatic heterocycles. The van der Waals surface area contributed by atoms with Gasteiger partial charge in [0.05, 0.1) is 16.8 Å². The van der Waals surface area contributed by atoms with Crippen molar-refractivity contribution in [1.82, 2.24) is 14.9 Å². The van der Waals surface area contributed by atoms with E-state index in [-0.39, 0.29) is 11.9 Å². The van der Waals surface area contributed by atoms with Crippen molar-refractivity contribution in [2.24, 2.45) is 0 Å². The molecule has 0 fully saturated rings. The van der Waals surface area contributed by atoms with Gasteiger partial charge in [-0.3, -0.25) is 4.79 Å². The van der Waals surface area contributed by atoms with E-state index in [1.807, 2.05) is 53.4 Å². The van der Waals surface area contributed by atoms with Crippen LogP contribution in [-0.4, -0.2) is 33.1 Å². The molecule has 1 atom stereocenters. The van der Waals surface area contributed by atoms with Crippen molar-refractivity contribution in [3.05, 3.63) is 94.8 Å². The lowest BCUT2D eigenvalue weighted by Crippen LogP contribution is -2.41. The summed E-state index contributed by atoms with van der Waals surface area (Å²) in [5.41, 5.74) is 4.38. The summed E-state index contributed by atoms with van der Waals surface area (Å²) >= 11 is 8.06. The van der Waals surface area contributed by atoms with Crippen LogP contribution in [0.4, 0.5) is 0 Å². The van der Waals surface area contributed by atoms with Crippen LogP contribution in [0.3, 0.4) is 0 Å². The Bertz CT molecular complexity index is 1210. The van der Waals surface area contributed by atoms with E-state index in [1.54, 1.807) is 6.20 Å². The lowest BCUT2D eigenvalue weighted by molar-refractivity contribution is -0.130. The molecule has 0 aliphatic carbocycles. The second kappa shape index (κ2) is 8.17. The fourth-order valence-corrected chi connectivity index (χ4v) is 5.17. The highest BCUT2D eigenvalue weighted by atomic mass is 35.5. The molecule has 1 amide bonds. The average molecular weight is 434 g/mol. The van der Waals surface area contributed by atoms with Crippen LogP contribution in [0.2, 0.25) is 5.02 Å². The van der Waals surface area contributed by atoms with Crippen LogP contribution >= 0.6 is 23.4 Å². The Hall–Kier alpha value is -2.76. The van der Waals surface area contributed by atoms with E-state index >= 15 is 0 Å². The maximum atomic E-state index is 13.3. The molecule has 30 heavy (non-hydrogen) atoms. The van der Waals surface area contributed by atoms with Gasteiger partial charge >= 0.3 is 0 Å². The number of aromatic amines is 1. The van der Waals surface area contributed by atoms with Crippen LogP contribution in [0.15, 0.2) is 78.0 Å². The van der Waals surface area contributed by atoms with Crippen LogP contribution in [-0.2, 0) is 11.2 Å². The molecule has 6 heteroatoms. The zero-order valence-corrected chi connectivity index (χ0v) is 17.8. The van der Waals surface area contributed by atoms with Gasteiger partial charge in [0.25, 0.3) is 0 Å². The van der Waals surface area contributed by atoms with Gasteiger partial charge in [-0.2, -0.15) is 0 Å². The molecule has 4 nitrogen and oxygen atoms in total. The maximum absolute atomic E-state index is 13.3. The number of amides is 1. The summed E-state index contributed by atoms with van der Waals surface area (Å²) in [5, 5.41) is 2.74. The largest absolute Gasteiger partial charge is 0.356 e. The summed E-state index contributed by atoms with van der Waals surface area (Å²) in [4.78, 5) is 23.2. The number of carbonyl (C=O) groups is 1. The molecule has 0 unspecified atom stereocenters. The first-order chi connectivity index (χ1) is 14.7. The smallest absolute Gasteiger partial charge is 0.233 e. The number of benzene rings is 2. The summed E-state index contributed by atoms with van der Waals surface area (Å²) in [5.74, 6) is 0.424. The van der Waals surface area contributed by atoms with E-state index in [2.05, 4.69) is 28.2 Å². The van der Waals surface area contributed by atoms with Gasteiger partial charge in [0.15, 0.2) is 0 Å². The molecule has 2 aromatic heterocycles. The molecule has 0 radical (unpaired) electrons. The van der Waals surface area contributed by atoms with Gasteiger partial charge in [-0.25, -0.2) is 4.98 Å². The normalized spacial score (nSPS) is 15.9. The predicted octanol–water partition coefficient (Wildman–Crippen LogP) is 5.48. The number of aromatic nitrogens is 2. The number of hydrogen-bond acceptors (Lipinski definition) is 3. The van der Waals surface area contributed by atoms with Crippen molar-refractivity contribution in [3.63, 3.8) is 0 Å². The molecule has 5 rings (SSSR count). The van der Waals surface area contributed by atoms with Crippen LogP contribution in [0.5, 0.6) is 0 Å². The first-order valence-electron chi connectivity index (χ1n) is 9.89. The SMILES string of the molecule is O=C(CSc1ccccn1)N1CCc2c([nH]c3ccccc23)[C@@H]1c1ccccc1Cl. The fraction of sp³-hybridized carbons (Fsp3) is 0.167. The Balaban J connectivity index is 1.53. The average Bonchev–Trinajstić information content (AvgIpc) is 3.17. The number of thioether (sulfide) groups is 1. The quantitative estimate of drug-likeness (QED) is 0.433. The Morgan fingerprint density at radius 2 is 1.90 bits per heavy atom. The summed E-state index contributed by atoms with van der Waals surface area (Å²) in [6, 6.07) is 21.6. The number of H-pyrrole nitrogens is 1. The van der Waals surface area contributed by atoms with Gasteiger partial charge in [0.1, 0.15) is 0 Å². The van der Waals surface area contributed by atoms with Crippen molar-refractivity contribution in [2.45, 2.75) is 17.5 Å². The topological polar surface area (TPSA) is 49.0 Å². The van der Waals surface area contributed by atoms with Crippen molar-refractivity contribution in [1.29, 1.82) is 0 Å². The van der Waals surface area contributed by atoms with E-state index in [4.69, 9.17) is 11.6 Å². The van der Waals surface area contributed by atoms with E-state index < -0.39 is 0 Å². The molecule has 0 saturated heterocycles. The van der Waals surface area contributed by atoms with Crippen molar-refractivity contribution in [2.75, 3.05) is 12.3 Å². The summed E-state index contributed by atoms with van der Waals surface area (Å²) in [6.07, 6.45) is 2.57. The van der Waals surface area contributed by atoms with Crippen LogP contribution in [0.1, 0.15) is 22.9 Å². The molecule has 1 N–H and O–H groups in total. The summed E-state index contributed by atoms with van der Waals surface area (Å²) < 4.78 is 0. The van der Waals surface area contributed by atoms with Crippen LogP contribution < -0.4 is 0 Å². The lowest BCUT2D eigenvalue weighted by Gasteiger charge is -2.36. The minimum absolute atomic E-state index is 0.0832. The first-order valence-corrected chi connectivity index (χ1v) is 11.3. The van der Waals surface area contributed by atoms with Crippen LogP contribution in [0.25, 0.3) is 10.9 Å². The number of carbonyl (C=O) groups excluding carboxylic acids is 1. The van der Waals surface area contributed by atoms with Crippen molar-refractivity contribution >= 4 is 40.2 Å². The number of nitrogens with one attached hydrogen (secondary N) is 1. The molecular formula is C24H20ClN3OS. The lowest BCUT2D eigenvalue weighted by atomic mass is 9.92. The Labute approximate surface area is 184 Å². The number of halogens is 1. The molecule has 2 aromatic carbocycles. The number of rotatable bonds is 4. The van der Waals surface area contributed by atoms with Crippen molar-refractivity contribution < 1.29 is 4.79 Å². The fourth-order valence-electron chi connectivity index (χ4n) is 4.18. The third-order valence-electron chi connectivity index (χ3n) is 5.54. The number of hydrogen-bond donors (Lipinski definition) is 1. The number of nitrogens with zero attached hydrogens (tertiary/aromatic N) is 2. The second-order valence-electron chi connectivity index (χ2n) is 7.28. The van der Waals surface area contributed by atoms with E-state index in [9.17, 15) is 4.79 Å². The molecule has 4 aromatic rings. The molecule has 3 heterocycles. The summed E-state index contributed by atoms with van der Waals surface area (Å²) in [7, 11) is 0. The molecular weight excluding hydrogens is 414 g/mol. The van der Waals surface area contributed by atoms with E-state index in [0.717, 1.165) is 28.2 Å². The van der Waals surface area contributed by atoms with Gasteiger partial charge in [-0.05, 0) is 41.8 Å². The van der Waals surface area contributed by atoms with Gasteiger partial charge in [0.2, 0.25) is 5.91 Å². The third kappa shape index (κ3) is 3.48. The highest BCUT2D eigenvalue weighted by molar-refractivity contribution is 7.99. The van der Waals surface area contributed by atoms with Gasteiger partial charge < -0.3 is 9.88 Å². The molecule has 0 spiro atoms. The van der Waals surface area contributed by atoms with E-state index in [1.165, 1.54) is 22.7 Å². The predicted molar refractivity (Wildman–Crippen MR) is 122 cm³/mol. The second-order valence-corrected chi connectivity index (χ2v) is 8.68. The molecule has 0 saturated carbocycles. The third-order valence-corrected chi connectivity index (χ3v) is 6.81. The van der Waals surface area contributed by atoms with Crippen molar-refractivity contribution in [3.8, 4) is 0 Å². The maximum Gasteiger partial charge on any atom is 0.233 e. The number of para-hydroxylation sites is 1. The standard InChI is InChI=1S/C24H20ClN3OS/c25-19-9-3-1-8-18(19)24-23-17(16-7-2-4-10-20(16)27-23)12-14-28(24)22(29)15-30-21-11-5-6-13-26-21/h1-11,13,24,27H,12,14-15H2/t24-/m0/s1. The molecule has 1 aliphatic rings. The monoisotopic (exact) mass is 433 g/mol. The zero-order valence-electron chi connectivity index (χ0n) is 16.2. The number of fused-ring (bicyclic) bond motifs is 3. The van der Waals surface area contributed by atoms with Gasteiger partial charge in [-0.15, -0.1) is 0 Å². The number of pyridine rings is 1. The highest BCUT2D eigenvalue weighted by Gasteiger charge is 2.35. The zero-order chi connectivity index (χ0) is 20.5. The highest BCUT2D eigenvalue weighted by Crippen LogP contribution is 2.40. The Kier molecular flexibility index (Phi) is 5.23. The molecule has 150 valence electrons. The van der Waals surface area contributed by atoms with Gasteiger partial charge in [0, 0.05) is 34.4 Å². The Morgan fingerprint density at radius 3 is 2.73 bits per heavy atom. The van der Waals surface area contributed by atoms with Gasteiger partial charge in [-0.1, -0.05) is 65.8 Å². The minimum atomic E-state index is -0.230. The van der Waals surface area contributed by atoms with Crippen LogP contribution in [0, 0.1) is 0 Å².